The fourth-order valence-electron chi connectivity index (χ4n) is 2.14. The fraction of sp³-hybridized carbons (Fsp3) is 0.500. The van der Waals surface area contributed by atoms with E-state index in [0.29, 0.717) is 24.3 Å². The third-order valence-electron chi connectivity index (χ3n) is 3.10. The first-order valence-corrected chi connectivity index (χ1v) is 6.34. The quantitative estimate of drug-likeness (QED) is 0.836. The lowest BCUT2D eigenvalue weighted by Gasteiger charge is -2.20. The normalized spacial score (nSPS) is 21.8. The van der Waals surface area contributed by atoms with Gasteiger partial charge in [0.05, 0.1) is 13.7 Å². The number of esters is 1. The topological polar surface area (TPSA) is 65.0 Å². The highest BCUT2D eigenvalue weighted by Gasteiger charge is 2.34. The second-order valence-electron chi connectivity index (χ2n) is 4.35. The number of carbonyl (C=O) groups excluding carboxylic acids is 1. The smallest absolute Gasteiger partial charge is 0.350 e. The molecule has 2 rings (SSSR count). The first-order chi connectivity index (χ1) is 9.17. The Bertz CT molecular complexity index is 457. The van der Waals surface area contributed by atoms with Gasteiger partial charge in [0, 0.05) is 0 Å². The molecule has 5 nitrogen and oxygen atoms in total. The molecule has 0 aliphatic carbocycles. The summed E-state index contributed by atoms with van der Waals surface area (Å²) in [6, 6.07) is 5.52. The fourth-order valence-corrected chi connectivity index (χ4v) is 2.14. The van der Waals surface area contributed by atoms with E-state index in [2.05, 4.69) is 0 Å². The van der Waals surface area contributed by atoms with Crippen molar-refractivity contribution < 1.29 is 24.1 Å². The van der Waals surface area contributed by atoms with E-state index >= 15 is 0 Å². The van der Waals surface area contributed by atoms with Crippen LogP contribution >= 0.6 is 0 Å². The molecule has 1 heterocycles. The Morgan fingerprint density at radius 1 is 1.53 bits per heavy atom. The number of para-hydroxylation sites is 1. The monoisotopic (exact) mass is 266 g/mol. The van der Waals surface area contributed by atoms with Crippen molar-refractivity contribution in [2.45, 2.75) is 32.0 Å². The lowest BCUT2D eigenvalue weighted by atomic mass is 10.0. The van der Waals surface area contributed by atoms with Crippen LogP contribution in [0.5, 0.6) is 11.5 Å². The molecule has 0 bridgehead atoms. The van der Waals surface area contributed by atoms with Crippen LogP contribution in [-0.2, 0) is 16.0 Å². The van der Waals surface area contributed by atoms with Crippen molar-refractivity contribution in [1.29, 1.82) is 0 Å². The van der Waals surface area contributed by atoms with E-state index < -0.39 is 18.2 Å². The van der Waals surface area contributed by atoms with Crippen LogP contribution < -0.4 is 9.47 Å². The van der Waals surface area contributed by atoms with Crippen LogP contribution in [0.3, 0.4) is 0 Å². The molecule has 0 fully saturated rings. The standard InChI is InChI=1S/C14H18O5/c1-3-18-14(16)13-10(15)8-7-9-5-4-6-11(17-2)12(9)19-13/h4-6,10,13,15H,3,7-8H2,1-2H3/t10-,13-/m1/s1. The van der Waals surface area contributed by atoms with Crippen LogP contribution in [0.4, 0.5) is 0 Å². The summed E-state index contributed by atoms with van der Waals surface area (Å²) in [5, 5.41) is 10.0. The molecule has 0 saturated heterocycles. The van der Waals surface area contributed by atoms with Crippen LogP contribution in [-0.4, -0.2) is 37.0 Å². The van der Waals surface area contributed by atoms with Gasteiger partial charge in [-0.3, -0.25) is 0 Å². The van der Waals surface area contributed by atoms with Gasteiger partial charge in [-0.15, -0.1) is 0 Å². The van der Waals surface area contributed by atoms with Gasteiger partial charge in [0.2, 0.25) is 6.10 Å². The first kappa shape index (κ1) is 13.7. The minimum atomic E-state index is -1.00. The Hall–Kier alpha value is -1.75. The lowest BCUT2D eigenvalue weighted by Crippen LogP contribution is -2.39. The molecule has 1 aliphatic rings. The van der Waals surface area contributed by atoms with Gasteiger partial charge in [-0.1, -0.05) is 12.1 Å². The number of methoxy groups -OCH3 is 1. The van der Waals surface area contributed by atoms with Gasteiger partial charge in [-0.25, -0.2) is 4.79 Å². The van der Waals surface area contributed by atoms with E-state index in [1.807, 2.05) is 12.1 Å². The van der Waals surface area contributed by atoms with Crippen molar-refractivity contribution in [2.75, 3.05) is 13.7 Å². The molecular formula is C14H18O5. The molecule has 2 atom stereocenters. The molecule has 0 amide bonds. The number of hydrogen-bond acceptors (Lipinski definition) is 5. The lowest BCUT2D eigenvalue weighted by molar-refractivity contribution is -0.156. The number of aliphatic hydroxyl groups is 1. The van der Waals surface area contributed by atoms with E-state index in [1.165, 1.54) is 0 Å². The Labute approximate surface area is 112 Å². The van der Waals surface area contributed by atoms with E-state index in [9.17, 15) is 9.90 Å². The van der Waals surface area contributed by atoms with Gasteiger partial charge in [0.1, 0.15) is 6.10 Å². The predicted octanol–water partition coefficient (Wildman–Crippen LogP) is 1.31. The number of rotatable bonds is 3. The van der Waals surface area contributed by atoms with Crippen LogP contribution in [0.25, 0.3) is 0 Å². The van der Waals surface area contributed by atoms with Crippen molar-refractivity contribution in [1.82, 2.24) is 0 Å². The van der Waals surface area contributed by atoms with Gasteiger partial charge >= 0.3 is 5.97 Å². The van der Waals surface area contributed by atoms with Gasteiger partial charge in [0.25, 0.3) is 0 Å². The molecule has 5 heteroatoms. The third kappa shape index (κ3) is 2.81. The number of carbonyl (C=O) groups is 1. The average Bonchev–Trinajstić information content (AvgIpc) is 2.58. The molecule has 0 radical (unpaired) electrons. The number of hydrogen-bond donors (Lipinski definition) is 1. The highest BCUT2D eigenvalue weighted by atomic mass is 16.6. The zero-order valence-electron chi connectivity index (χ0n) is 11.1. The largest absolute Gasteiger partial charge is 0.493 e. The van der Waals surface area contributed by atoms with Gasteiger partial charge in [-0.05, 0) is 31.4 Å². The minimum absolute atomic E-state index is 0.254. The summed E-state index contributed by atoms with van der Waals surface area (Å²) >= 11 is 0. The van der Waals surface area contributed by atoms with Crippen LogP contribution in [0.1, 0.15) is 18.9 Å². The Balaban J connectivity index is 2.31. The molecule has 19 heavy (non-hydrogen) atoms. The molecule has 0 unspecified atom stereocenters. The van der Waals surface area contributed by atoms with Crippen molar-refractivity contribution in [2.24, 2.45) is 0 Å². The molecular weight excluding hydrogens is 248 g/mol. The SMILES string of the molecule is CCOC(=O)[C@@H]1Oc2c(cccc2OC)CC[C@H]1O. The molecule has 0 aromatic heterocycles. The Morgan fingerprint density at radius 2 is 2.32 bits per heavy atom. The van der Waals surface area contributed by atoms with Crippen molar-refractivity contribution in [3.63, 3.8) is 0 Å². The number of aryl methyl sites for hydroxylation is 1. The highest BCUT2D eigenvalue weighted by molar-refractivity contribution is 5.76. The maximum absolute atomic E-state index is 11.8. The highest BCUT2D eigenvalue weighted by Crippen LogP contribution is 2.35. The van der Waals surface area contributed by atoms with Crippen molar-refractivity contribution in [3.8, 4) is 11.5 Å². The molecule has 1 aromatic carbocycles. The summed E-state index contributed by atoms with van der Waals surface area (Å²) in [4.78, 5) is 11.8. The molecule has 1 N–H and O–H groups in total. The number of aliphatic hydroxyl groups excluding tert-OH is 1. The Morgan fingerprint density at radius 3 is 3.00 bits per heavy atom. The van der Waals surface area contributed by atoms with Gasteiger partial charge < -0.3 is 19.3 Å². The zero-order chi connectivity index (χ0) is 13.8. The van der Waals surface area contributed by atoms with Crippen LogP contribution in [0, 0.1) is 0 Å². The van der Waals surface area contributed by atoms with Crippen molar-refractivity contribution in [3.05, 3.63) is 23.8 Å². The third-order valence-corrected chi connectivity index (χ3v) is 3.10. The summed E-state index contributed by atoms with van der Waals surface area (Å²) in [7, 11) is 1.54. The summed E-state index contributed by atoms with van der Waals surface area (Å²) in [5.41, 5.74) is 0.921. The van der Waals surface area contributed by atoms with E-state index in [1.54, 1.807) is 20.1 Å². The zero-order valence-corrected chi connectivity index (χ0v) is 11.1. The maximum atomic E-state index is 11.8. The maximum Gasteiger partial charge on any atom is 0.350 e. The van der Waals surface area contributed by atoms with Gasteiger partial charge in [0.15, 0.2) is 11.5 Å². The number of benzene rings is 1. The average molecular weight is 266 g/mol. The van der Waals surface area contributed by atoms with Crippen LogP contribution in [0.2, 0.25) is 0 Å². The Kier molecular flexibility index (Phi) is 4.27. The van der Waals surface area contributed by atoms with E-state index in [4.69, 9.17) is 14.2 Å². The molecule has 0 spiro atoms. The predicted molar refractivity (Wildman–Crippen MR) is 68.4 cm³/mol. The summed E-state index contributed by atoms with van der Waals surface area (Å²) in [6.07, 6.45) is -0.804. The van der Waals surface area contributed by atoms with E-state index in [-0.39, 0.29) is 6.61 Å². The first-order valence-electron chi connectivity index (χ1n) is 6.34. The van der Waals surface area contributed by atoms with Crippen LogP contribution in [0.15, 0.2) is 18.2 Å². The second kappa shape index (κ2) is 5.93. The second-order valence-corrected chi connectivity index (χ2v) is 4.35. The minimum Gasteiger partial charge on any atom is -0.493 e. The van der Waals surface area contributed by atoms with Gasteiger partial charge in [-0.2, -0.15) is 0 Å². The summed E-state index contributed by atoms with van der Waals surface area (Å²) < 4.78 is 15.8. The molecule has 1 aliphatic heterocycles. The van der Waals surface area contributed by atoms with Crippen molar-refractivity contribution >= 4 is 5.97 Å². The summed E-state index contributed by atoms with van der Waals surface area (Å²) in [6.45, 7) is 1.97. The number of fused-ring (bicyclic) bond motifs is 1. The summed E-state index contributed by atoms with van der Waals surface area (Å²) in [5.74, 6) is 0.522. The molecule has 1 aromatic rings. The molecule has 104 valence electrons. The van der Waals surface area contributed by atoms with E-state index in [0.717, 1.165) is 5.56 Å². The molecule has 0 saturated carbocycles. The number of ether oxygens (including phenoxy) is 3.